The number of nitrogen functional groups attached to an aromatic ring is 1. The van der Waals surface area contributed by atoms with Crippen molar-refractivity contribution in [2.75, 3.05) is 18.6 Å². The first-order chi connectivity index (χ1) is 17.5. The summed E-state index contributed by atoms with van der Waals surface area (Å²) in [4.78, 5) is 85.1. The number of hydrogen-bond acceptors (Lipinski definition) is 14. The van der Waals surface area contributed by atoms with Crippen molar-refractivity contribution in [2.24, 2.45) is 12.2 Å². The van der Waals surface area contributed by atoms with Crippen LogP contribution in [0.1, 0.15) is 5.69 Å². The Morgan fingerprint density at radius 3 is 2.65 bits per heavy atom. The van der Waals surface area contributed by atoms with Crippen molar-refractivity contribution in [1.29, 1.82) is 0 Å². The van der Waals surface area contributed by atoms with Gasteiger partial charge < -0.3 is 21.0 Å². The predicted molar refractivity (Wildman–Crippen MR) is 133 cm³/mol. The molecule has 196 valence electrons. The fourth-order valence-corrected chi connectivity index (χ4v) is 4.90. The zero-order valence-corrected chi connectivity index (χ0v) is 21.4. The minimum Gasteiger partial charge on any atom is -0.477 e. The number of oxime groups is 1. The van der Waals surface area contributed by atoms with E-state index in [0.717, 1.165) is 32.7 Å². The van der Waals surface area contributed by atoms with Crippen LogP contribution in [-0.4, -0.2) is 83.8 Å². The molecule has 3 heterocycles. The number of aldehydes is 1. The van der Waals surface area contributed by atoms with Gasteiger partial charge in [-0.3, -0.25) is 38.7 Å². The van der Waals surface area contributed by atoms with Crippen molar-refractivity contribution in [3.05, 3.63) is 43.1 Å². The third-order valence-electron chi connectivity index (χ3n) is 4.71. The summed E-state index contributed by atoms with van der Waals surface area (Å²) in [6.45, 7) is 0. The molecular weight excluding hydrogens is 552 g/mol. The highest BCUT2D eigenvalue weighted by Gasteiger charge is 2.50. The topological polar surface area (TPSA) is 232 Å². The molecule has 0 bridgehead atoms. The zero-order chi connectivity index (χ0) is 27.4. The van der Waals surface area contributed by atoms with Crippen molar-refractivity contribution < 1.29 is 29.1 Å². The van der Waals surface area contributed by atoms with Crippen LogP contribution in [0, 0.1) is 0 Å². The number of thiazole rings is 1. The number of aromatic amines is 1. The summed E-state index contributed by atoms with van der Waals surface area (Å²) in [6.07, 6.45) is 0.232. The van der Waals surface area contributed by atoms with Gasteiger partial charge in [0.2, 0.25) is 0 Å². The molecule has 1 fully saturated rings. The lowest BCUT2D eigenvalue weighted by Gasteiger charge is -2.44. The number of hydrogen-bond donors (Lipinski definition) is 5. The number of carboxylic acid groups (broad SMARTS) is 1. The molecule has 0 saturated carbocycles. The van der Waals surface area contributed by atoms with Gasteiger partial charge in [0.05, 0.1) is 0 Å². The highest BCUT2D eigenvalue weighted by molar-refractivity contribution is 7.99. The number of likely N-dealkylation sites (tertiary alicyclic amines) is 1. The monoisotopic (exact) mass is 570 g/mol. The van der Waals surface area contributed by atoms with Gasteiger partial charge in [-0.25, -0.2) is 9.78 Å². The van der Waals surface area contributed by atoms with E-state index in [1.807, 2.05) is 0 Å². The standard InChI is InChI=1S/C18H18N8O8S3/c1-25-18(22-12(29)13(30)23-25)37-4-6(3-27)10(16(32)33)26-14(31)9(15(26)35)21-11(28)8(24-34-2)7-5-36-17(19)20-7/h3,5,9,15,35H,4H2,1-2H3,(H2,19,20)(H,21,28)(H,23,30)(H,32,33)/b10-6?,24-8-/t9-,15-/m1/s1. The highest BCUT2D eigenvalue weighted by Crippen LogP contribution is 2.31. The van der Waals surface area contributed by atoms with E-state index in [1.54, 1.807) is 0 Å². The quantitative estimate of drug-likeness (QED) is 0.0298. The number of nitrogens with one attached hydrogen (secondary N) is 2. The van der Waals surface area contributed by atoms with Gasteiger partial charge in [-0.15, -0.1) is 11.3 Å². The van der Waals surface area contributed by atoms with E-state index in [-0.39, 0.29) is 39.3 Å². The largest absolute Gasteiger partial charge is 0.477 e. The zero-order valence-electron chi connectivity index (χ0n) is 18.9. The van der Waals surface area contributed by atoms with Gasteiger partial charge in [-0.1, -0.05) is 16.9 Å². The van der Waals surface area contributed by atoms with Crippen LogP contribution >= 0.6 is 35.7 Å². The van der Waals surface area contributed by atoms with Crippen LogP contribution < -0.4 is 22.2 Å². The number of amides is 2. The molecule has 0 spiro atoms. The Bertz CT molecular complexity index is 1440. The number of rotatable bonds is 10. The van der Waals surface area contributed by atoms with Crippen molar-refractivity contribution >= 4 is 70.6 Å². The summed E-state index contributed by atoms with van der Waals surface area (Å²) in [6, 6.07) is -1.27. The SMILES string of the molecule is CO/N=C(\C(=O)N[C@@H]1C(=O)N(C(C(=O)O)=C(C=O)CSc2nc(=O)c(=O)[nH]n2C)[C@@H]1S)c1csc(N)n1. The number of nitrogens with zero attached hydrogens (tertiary/aromatic N) is 5. The maximum Gasteiger partial charge on any atom is 0.353 e. The van der Waals surface area contributed by atoms with Gasteiger partial charge in [0.15, 0.2) is 16.0 Å². The van der Waals surface area contributed by atoms with Crippen LogP contribution in [0.3, 0.4) is 0 Å². The average molecular weight is 571 g/mol. The number of thiol groups is 1. The van der Waals surface area contributed by atoms with Crippen LogP contribution in [0.4, 0.5) is 5.13 Å². The molecule has 0 unspecified atom stereocenters. The number of thioether (sulfide) groups is 1. The highest BCUT2D eigenvalue weighted by atomic mass is 32.2. The van der Waals surface area contributed by atoms with E-state index < -0.39 is 46.0 Å². The normalized spacial score (nSPS) is 18.1. The van der Waals surface area contributed by atoms with Crippen LogP contribution in [0.15, 0.2) is 36.6 Å². The number of nitrogens with two attached hydrogens (primary N) is 1. The Morgan fingerprint density at radius 2 is 2.11 bits per heavy atom. The van der Waals surface area contributed by atoms with Crippen LogP contribution in [0.5, 0.6) is 0 Å². The lowest BCUT2D eigenvalue weighted by molar-refractivity contribution is -0.150. The van der Waals surface area contributed by atoms with Gasteiger partial charge in [0.25, 0.3) is 11.8 Å². The molecule has 2 amide bonds. The van der Waals surface area contributed by atoms with Crippen molar-refractivity contribution in [1.82, 2.24) is 30.0 Å². The molecule has 19 heteroatoms. The molecule has 1 aliphatic heterocycles. The molecule has 2 atom stereocenters. The van der Waals surface area contributed by atoms with Crippen molar-refractivity contribution in [3.63, 3.8) is 0 Å². The van der Waals surface area contributed by atoms with Crippen molar-refractivity contribution in [2.45, 2.75) is 16.6 Å². The molecule has 1 aliphatic rings. The number of aryl methyl sites for hydroxylation is 1. The number of β-lactam (4-membered cyclic amide) rings is 1. The maximum absolute atomic E-state index is 12.8. The molecule has 5 N–H and O–H groups in total. The van der Waals surface area contributed by atoms with Gasteiger partial charge >= 0.3 is 17.1 Å². The number of aliphatic carboxylic acids is 1. The summed E-state index contributed by atoms with van der Waals surface area (Å²) >= 11 is 6.06. The molecule has 0 aromatic carbocycles. The van der Waals surface area contributed by atoms with Crippen LogP contribution in [-0.2, 0) is 31.1 Å². The average Bonchev–Trinajstić information content (AvgIpc) is 3.28. The molecule has 0 aliphatic carbocycles. The number of carboxylic acids is 1. The molecule has 2 aromatic heterocycles. The first kappa shape index (κ1) is 27.6. The van der Waals surface area contributed by atoms with E-state index in [1.165, 1.54) is 19.5 Å². The molecule has 16 nitrogen and oxygen atoms in total. The third kappa shape index (κ3) is 5.73. The smallest absolute Gasteiger partial charge is 0.353 e. The fraction of sp³-hybridized carbons (Fsp3) is 0.278. The summed E-state index contributed by atoms with van der Waals surface area (Å²) in [5, 5.41) is 18.4. The Hall–Kier alpha value is -3.97. The third-order valence-corrected chi connectivity index (χ3v) is 6.99. The second-order valence-corrected chi connectivity index (χ2v) is 9.41. The summed E-state index contributed by atoms with van der Waals surface area (Å²) < 4.78 is 1.12. The lowest BCUT2D eigenvalue weighted by atomic mass is 10.0. The fourth-order valence-electron chi connectivity index (χ4n) is 3.04. The molecule has 2 aromatic rings. The lowest BCUT2D eigenvalue weighted by Crippen LogP contribution is -2.69. The minimum absolute atomic E-state index is 0.0103. The molecule has 37 heavy (non-hydrogen) atoms. The van der Waals surface area contributed by atoms with Crippen LogP contribution in [0.2, 0.25) is 0 Å². The maximum atomic E-state index is 12.8. The van der Waals surface area contributed by atoms with E-state index in [9.17, 15) is 33.9 Å². The Balaban J connectivity index is 1.82. The number of anilines is 1. The van der Waals surface area contributed by atoms with Gasteiger partial charge in [-0.05, 0) is 0 Å². The molecule has 1 saturated heterocycles. The summed E-state index contributed by atoms with van der Waals surface area (Å²) in [5.74, 6) is -3.66. The van der Waals surface area contributed by atoms with Gasteiger partial charge in [-0.2, -0.15) is 17.6 Å². The second kappa shape index (κ2) is 11.4. The van der Waals surface area contributed by atoms with Gasteiger partial charge in [0.1, 0.15) is 36.2 Å². The van der Waals surface area contributed by atoms with E-state index in [4.69, 9.17) is 5.73 Å². The molecule has 0 radical (unpaired) electrons. The summed E-state index contributed by atoms with van der Waals surface area (Å²) in [5.41, 5.74) is 2.35. The molecular formula is C18H18N8O8S3. The summed E-state index contributed by atoms with van der Waals surface area (Å²) in [7, 11) is 2.58. The van der Waals surface area contributed by atoms with E-state index in [0.29, 0.717) is 0 Å². The van der Waals surface area contributed by atoms with E-state index in [2.05, 4.69) is 43.0 Å². The van der Waals surface area contributed by atoms with Crippen LogP contribution in [0.25, 0.3) is 0 Å². The number of aromatic nitrogens is 4. The Kier molecular flexibility index (Phi) is 8.50. The van der Waals surface area contributed by atoms with Crippen molar-refractivity contribution in [3.8, 4) is 0 Å². The Labute approximate surface area is 220 Å². The first-order valence-corrected chi connectivity index (χ1v) is 12.2. The number of carbonyl (C=O) groups is 4. The minimum atomic E-state index is -1.61. The van der Waals surface area contributed by atoms with E-state index >= 15 is 0 Å². The number of carbonyl (C=O) groups excluding carboxylic acids is 3. The number of H-pyrrole nitrogens is 1. The molecule has 3 rings (SSSR count). The second-order valence-electron chi connectivity index (χ2n) is 7.05. The predicted octanol–water partition coefficient (Wildman–Crippen LogP) is -2.23. The first-order valence-electron chi connectivity index (χ1n) is 9.86. The van der Waals surface area contributed by atoms with Gasteiger partial charge in [0, 0.05) is 23.8 Å². The Morgan fingerprint density at radius 1 is 1.41 bits per heavy atom.